The number of aliphatic hydroxyl groups excluding tert-OH is 4. The highest BCUT2D eigenvalue weighted by Gasteiger charge is 2.44. The maximum absolute atomic E-state index is 12.8. The van der Waals surface area contributed by atoms with E-state index in [1.54, 1.807) is 0 Å². The molecule has 1 aliphatic heterocycles. The third-order valence-electron chi connectivity index (χ3n) is 12.1. The molecule has 1 heterocycles. The summed E-state index contributed by atoms with van der Waals surface area (Å²) in [4.78, 5) is 25.4. The highest BCUT2D eigenvalue weighted by atomic mass is 16.7. The molecule has 10 nitrogen and oxygen atoms in total. The lowest BCUT2D eigenvalue weighted by Gasteiger charge is -2.39. The lowest BCUT2D eigenvalue weighted by Crippen LogP contribution is -2.59. The zero-order valence-corrected chi connectivity index (χ0v) is 39.9. The molecule has 0 aromatic heterocycles. The number of hydrogen-bond donors (Lipinski definition) is 4. The fourth-order valence-electron chi connectivity index (χ4n) is 7.99. The van der Waals surface area contributed by atoms with Crippen LogP contribution in [0, 0.1) is 0 Å². The number of hydrogen-bond acceptors (Lipinski definition) is 10. The number of unbranched alkanes of at least 4 members (excludes halogenated alkanes) is 29. The number of esters is 2. The standard InChI is InChI=1S/C52H96O10/c1-3-5-7-9-11-13-15-17-19-21-22-23-24-25-27-29-31-33-35-37-39-41-48(55)61-45(44-60-52-51(58)50(57)49(56)46(42-53)62-52)43-59-47(54)40-38-36-34-32-30-28-26-20-18-16-14-12-10-8-6-4-2/h15,17,21-22,45-46,49-53,56-58H,3-14,16,18-20,23-44H2,1-2H3/b17-15-,22-21-. The van der Waals surface area contributed by atoms with Crippen molar-refractivity contribution < 1.29 is 49.0 Å². The van der Waals surface area contributed by atoms with Gasteiger partial charge in [-0.05, 0) is 44.9 Å². The Labute approximate surface area is 379 Å². The normalized spacial score (nSPS) is 19.7. The molecule has 0 bridgehead atoms. The predicted molar refractivity (Wildman–Crippen MR) is 252 cm³/mol. The van der Waals surface area contributed by atoms with Crippen molar-refractivity contribution in [3.63, 3.8) is 0 Å². The Morgan fingerprint density at radius 2 is 0.903 bits per heavy atom. The molecule has 0 amide bonds. The maximum atomic E-state index is 12.8. The quantitative estimate of drug-likeness (QED) is 0.0264. The largest absolute Gasteiger partial charge is 0.462 e. The molecule has 6 atom stereocenters. The third kappa shape index (κ3) is 33.7. The molecule has 0 spiro atoms. The van der Waals surface area contributed by atoms with Crippen LogP contribution >= 0.6 is 0 Å². The van der Waals surface area contributed by atoms with Crippen molar-refractivity contribution in [3.05, 3.63) is 24.3 Å². The minimum absolute atomic E-state index is 0.214. The molecule has 0 aromatic rings. The van der Waals surface area contributed by atoms with Crippen LogP contribution in [0.4, 0.5) is 0 Å². The van der Waals surface area contributed by atoms with Gasteiger partial charge in [0.25, 0.3) is 0 Å². The number of carbonyl (C=O) groups is 2. The van der Waals surface area contributed by atoms with Crippen LogP contribution in [0.5, 0.6) is 0 Å². The van der Waals surface area contributed by atoms with E-state index in [-0.39, 0.29) is 32.0 Å². The summed E-state index contributed by atoms with van der Waals surface area (Å²) in [6, 6.07) is 0. The third-order valence-corrected chi connectivity index (χ3v) is 12.1. The van der Waals surface area contributed by atoms with Gasteiger partial charge in [0.05, 0.1) is 13.2 Å². The van der Waals surface area contributed by atoms with Gasteiger partial charge >= 0.3 is 11.9 Å². The first-order valence-corrected chi connectivity index (χ1v) is 25.9. The number of ether oxygens (including phenoxy) is 4. The molecule has 4 N–H and O–H groups in total. The summed E-state index contributed by atoms with van der Waals surface area (Å²) in [5.74, 6) is -0.799. The van der Waals surface area contributed by atoms with E-state index in [2.05, 4.69) is 38.2 Å². The van der Waals surface area contributed by atoms with E-state index in [0.29, 0.717) is 6.42 Å². The van der Waals surface area contributed by atoms with Crippen LogP contribution in [0.25, 0.3) is 0 Å². The number of aliphatic hydroxyl groups is 4. The zero-order valence-electron chi connectivity index (χ0n) is 39.9. The average Bonchev–Trinajstić information content (AvgIpc) is 3.27. The SMILES string of the molecule is CCCCCCC/C=C\C/C=C\CCCCCCCCCCCC(=O)OC(COC(=O)CCCCCCCCCCCCCCCCCC)COC1OC(CO)C(O)C(O)C1O. The van der Waals surface area contributed by atoms with E-state index in [1.807, 2.05) is 0 Å². The van der Waals surface area contributed by atoms with Crippen LogP contribution in [0.2, 0.25) is 0 Å². The van der Waals surface area contributed by atoms with Gasteiger partial charge in [-0.15, -0.1) is 0 Å². The summed E-state index contributed by atoms with van der Waals surface area (Å²) in [6.07, 6.45) is 41.8. The second kappa shape index (κ2) is 43.1. The second-order valence-corrected chi connectivity index (χ2v) is 18.0. The second-order valence-electron chi connectivity index (χ2n) is 18.0. The highest BCUT2D eigenvalue weighted by Crippen LogP contribution is 2.23. The van der Waals surface area contributed by atoms with Crippen molar-refractivity contribution in [2.45, 2.75) is 275 Å². The topological polar surface area (TPSA) is 152 Å². The maximum Gasteiger partial charge on any atom is 0.306 e. The molecule has 1 fully saturated rings. The molecule has 0 aromatic carbocycles. The van der Waals surface area contributed by atoms with Crippen molar-refractivity contribution in [2.75, 3.05) is 19.8 Å². The number of allylic oxidation sites excluding steroid dienone is 4. The van der Waals surface area contributed by atoms with E-state index in [4.69, 9.17) is 18.9 Å². The molecule has 62 heavy (non-hydrogen) atoms. The Hall–Kier alpha value is -1.82. The Kier molecular flexibility index (Phi) is 40.4. The van der Waals surface area contributed by atoms with Gasteiger partial charge in [-0.2, -0.15) is 0 Å². The van der Waals surface area contributed by atoms with Gasteiger partial charge in [-0.25, -0.2) is 0 Å². The van der Waals surface area contributed by atoms with Crippen LogP contribution in [0.15, 0.2) is 24.3 Å². The average molecular weight is 881 g/mol. The molecule has 1 saturated heterocycles. The Bertz CT molecular complexity index is 1060. The van der Waals surface area contributed by atoms with Gasteiger partial charge in [0.1, 0.15) is 31.0 Å². The summed E-state index contributed by atoms with van der Waals surface area (Å²) in [6.45, 7) is 3.45. The molecule has 1 aliphatic rings. The van der Waals surface area contributed by atoms with Gasteiger partial charge in [0, 0.05) is 12.8 Å². The van der Waals surface area contributed by atoms with Crippen molar-refractivity contribution in [3.8, 4) is 0 Å². The minimum Gasteiger partial charge on any atom is -0.462 e. The summed E-state index contributed by atoms with van der Waals surface area (Å²) in [5.41, 5.74) is 0. The fourth-order valence-corrected chi connectivity index (χ4v) is 7.99. The molecule has 1 rings (SSSR count). The van der Waals surface area contributed by atoms with Crippen LogP contribution in [0.1, 0.15) is 239 Å². The first-order valence-electron chi connectivity index (χ1n) is 25.9. The smallest absolute Gasteiger partial charge is 0.306 e. The highest BCUT2D eigenvalue weighted by molar-refractivity contribution is 5.70. The summed E-state index contributed by atoms with van der Waals surface area (Å²) >= 11 is 0. The van der Waals surface area contributed by atoms with E-state index in [0.717, 1.165) is 51.4 Å². The van der Waals surface area contributed by atoms with Crippen molar-refractivity contribution >= 4 is 11.9 Å². The molecular formula is C52H96O10. The van der Waals surface area contributed by atoms with Crippen molar-refractivity contribution in [1.82, 2.24) is 0 Å². The molecule has 0 aliphatic carbocycles. The van der Waals surface area contributed by atoms with E-state index in [1.165, 1.54) is 154 Å². The molecular weight excluding hydrogens is 785 g/mol. The molecule has 0 radical (unpaired) electrons. The van der Waals surface area contributed by atoms with Gasteiger partial charge in [0.15, 0.2) is 12.4 Å². The lowest BCUT2D eigenvalue weighted by atomic mass is 9.99. The first-order chi connectivity index (χ1) is 30.3. The fraction of sp³-hybridized carbons (Fsp3) is 0.885. The van der Waals surface area contributed by atoms with E-state index in [9.17, 15) is 30.0 Å². The van der Waals surface area contributed by atoms with Crippen LogP contribution in [0.3, 0.4) is 0 Å². The van der Waals surface area contributed by atoms with Crippen molar-refractivity contribution in [1.29, 1.82) is 0 Å². The molecule has 10 heteroatoms. The van der Waals surface area contributed by atoms with E-state index < -0.39 is 49.4 Å². The lowest BCUT2D eigenvalue weighted by molar-refractivity contribution is -0.305. The zero-order chi connectivity index (χ0) is 45.1. The molecule has 0 saturated carbocycles. The Balaban J connectivity index is 2.25. The van der Waals surface area contributed by atoms with Crippen LogP contribution in [-0.4, -0.2) is 89.0 Å². The summed E-state index contributed by atoms with van der Waals surface area (Å²) < 4.78 is 22.3. The summed E-state index contributed by atoms with van der Waals surface area (Å²) in [5, 5.41) is 40.2. The first kappa shape index (κ1) is 58.2. The monoisotopic (exact) mass is 881 g/mol. The van der Waals surface area contributed by atoms with Crippen LogP contribution < -0.4 is 0 Å². The number of carbonyl (C=O) groups excluding carboxylic acids is 2. The Morgan fingerprint density at radius 3 is 1.34 bits per heavy atom. The van der Waals surface area contributed by atoms with Crippen LogP contribution in [-0.2, 0) is 28.5 Å². The predicted octanol–water partition coefficient (Wildman–Crippen LogP) is 12.1. The van der Waals surface area contributed by atoms with Gasteiger partial charge in [-0.1, -0.05) is 205 Å². The number of rotatable bonds is 44. The van der Waals surface area contributed by atoms with E-state index >= 15 is 0 Å². The summed E-state index contributed by atoms with van der Waals surface area (Å²) in [7, 11) is 0. The van der Waals surface area contributed by atoms with Gasteiger partial charge in [0.2, 0.25) is 0 Å². The Morgan fingerprint density at radius 1 is 0.500 bits per heavy atom. The molecule has 6 unspecified atom stereocenters. The molecule has 364 valence electrons. The van der Waals surface area contributed by atoms with Gasteiger partial charge < -0.3 is 39.4 Å². The van der Waals surface area contributed by atoms with Crippen molar-refractivity contribution in [2.24, 2.45) is 0 Å². The minimum atomic E-state index is -1.59. The van der Waals surface area contributed by atoms with Gasteiger partial charge in [-0.3, -0.25) is 9.59 Å².